The first-order valence-electron chi connectivity index (χ1n) is 10.5. The Hall–Kier alpha value is -3.38. The standard InChI is InChI=1S/C21H16ClF2N7O2S/c22-18-28-19(31-8-5-21(23,24)9-31)30-20(29-18)33-13-4-1-10-11(27-13)2-3-12-14(10)15-16(34-12)17(32)26-7-6-25-15/h1-4,25H,5-9H2,(H,26,32). The fourth-order valence-electron chi connectivity index (χ4n) is 4.12. The molecule has 0 aliphatic carbocycles. The number of hydrogen-bond acceptors (Lipinski definition) is 9. The van der Waals surface area contributed by atoms with Gasteiger partial charge < -0.3 is 20.3 Å². The highest BCUT2D eigenvalue weighted by Crippen LogP contribution is 2.41. The molecule has 13 heteroatoms. The lowest BCUT2D eigenvalue weighted by Crippen LogP contribution is -2.26. The maximum absolute atomic E-state index is 13.6. The zero-order valence-electron chi connectivity index (χ0n) is 17.4. The number of carbonyl (C=O) groups excluding carboxylic acids is 1. The van der Waals surface area contributed by atoms with E-state index in [9.17, 15) is 13.6 Å². The Morgan fingerprint density at radius 3 is 2.76 bits per heavy atom. The number of thiophene rings is 1. The van der Waals surface area contributed by atoms with Crippen molar-refractivity contribution in [2.75, 3.05) is 36.4 Å². The summed E-state index contributed by atoms with van der Waals surface area (Å²) >= 11 is 7.42. The van der Waals surface area contributed by atoms with Crippen LogP contribution in [0.4, 0.5) is 20.4 Å². The van der Waals surface area contributed by atoms with Crippen LogP contribution in [0.25, 0.3) is 21.0 Å². The van der Waals surface area contributed by atoms with E-state index in [0.29, 0.717) is 23.5 Å². The van der Waals surface area contributed by atoms with Crippen molar-refractivity contribution < 1.29 is 18.3 Å². The van der Waals surface area contributed by atoms with Crippen LogP contribution in [0.3, 0.4) is 0 Å². The average Bonchev–Trinajstić information content (AvgIpc) is 3.30. The number of rotatable bonds is 3. The predicted octanol–water partition coefficient (Wildman–Crippen LogP) is 4.08. The lowest BCUT2D eigenvalue weighted by Gasteiger charge is -2.16. The number of aromatic nitrogens is 4. The van der Waals surface area contributed by atoms with Gasteiger partial charge in [-0.1, -0.05) is 0 Å². The molecule has 0 atom stereocenters. The first-order valence-corrected chi connectivity index (χ1v) is 11.7. The van der Waals surface area contributed by atoms with Crippen LogP contribution < -0.4 is 20.3 Å². The Labute approximate surface area is 200 Å². The minimum absolute atomic E-state index is 0.0278. The van der Waals surface area contributed by atoms with Gasteiger partial charge in [-0.05, 0) is 29.8 Å². The minimum atomic E-state index is -2.80. The number of hydrogen-bond donors (Lipinski definition) is 2. The van der Waals surface area contributed by atoms with Crippen molar-refractivity contribution in [3.63, 3.8) is 0 Å². The van der Waals surface area contributed by atoms with Gasteiger partial charge >= 0.3 is 6.01 Å². The van der Waals surface area contributed by atoms with E-state index in [1.54, 1.807) is 6.07 Å². The Morgan fingerprint density at radius 2 is 1.94 bits per heavy atom. The van der Waals surface area contributed by atoms with E-state index in [-0.39, 0.29) is 42.0 Å². The second-order valence-electron chi connectivity index (χ2n) is 7.96. The van der Waals surface area contributed by atoms with Gasteiger partial charge in [-0.15, -0.1) is 11.3 Å². The molecule has 1 aromatic carbocycles. The molecule has 2 aliphatic heterocycles. The van der Waals surface area contributed by atoms with Gasteiger partial charge in [0.15, 0.2) is 0 Å². The molecule has 6 rings (SSSR count). The second kappa shape index (κ2) is 7.84. The molecule has 0 bridgehead atoms. The molecule has 2 aliphatic rings. The molecule has 34 heavy (non-hydrogen) atoms. The number of alkyl halides is 2. The van der Waals surface area contributed by atoms with Crippen molar-refractivity contribution in [3.8, 4) is 11.9 Å². The Morgan fingerprint density at radius 1 is 1.09 bits per heavy atom. The Kier molecular flexibility index (Phi) is 4.88. The zero-order valence-corrected chi connectivity index (χ0v) is 19.0. The lowest BCUT2D eigenvalue weighted by atomic mass is 10.1. The molecule has 0 radical (unpaired) electrons. The highest BCUT2D eigenvalue weighted by Gasteiger charge is 2.39. The van der Waals surface area contributed by atoms with Gasteiger partial charge in [0.25, 0.3) is 11.8 Å². The highest BCUT2D eigenvalue weighted by atomic mass is 35.5. The highest BCUT2D eigenvalue weighted by molar-refractivity contribution is 7.21. The van der Waals surface area contributed by atoms with Gasteiger partial charge in [-0.3, -0.25) is 4.79 Å². The van der Waals surface area contributed by atoms with Gasteiger partial charge in [0, 0.05) is 47.6 Å². The molecule has 174 valence electrons. The molecule has 2 N–H and O–H groups in total. The van der Waals surface area contributed by atoms with Gasteiger partial charge in [0.1, 0.15) is 4.88 Å². The van der Waals surface area contributed by atoms with E-state index >= 15 is 0 Å². The summed E-state index contributed by atoms with van der Waals surface area (Å²) in [5.41, 5.74) is 1.45. The third-order valence-corrected chi connectivity index (χ3v) is 6.96. The summed E-state index contributed by atoms with van der Waals surface area (Å²) in [6.07, 6.45) is -0.282. The van der Waals surface area contributed by atoms with Crippen molar-refractivity contribution in [1.29, 1.82) is 0 Å². The topological polar surface area (TPSA) is 105 Å². The van der Waals surface area contributed by atoms with Crippen molar-refractivity contribution in [3.05, 3.63) is 34.4 Å². The monoisotopic (exact) mass is 503 g/mol. The molecule has 3 aromatic heterocycles. The molecule has 4 aromatic rings. The number of benzene rings is 1. The summed E-state index contributed by atoms with van der Waals surface area (Å²) in [4.78, 5) is 31.0. The van der Waals surface area contributed by atoms with Gasteiger partial charge in [0.05, 0.1) is 17.7 Å². The first kappa shape index (κ1) is 21.2. The van der Waals surface area contributed by atoms with Crippen molar-refractivity contribution in [1.82, 2.24) is 25.3 Å². The summed E-state index contributed by atoms with van der Waals surface area (Å²) in [7, 11) is 0. The van der Waals surface area contributed by atoms with Crippen molar-refractivity contribution in [2.24, 2.45) is 0 Å². The normalized spacial score (nSPS) is 17.4. The number of carbonyl (C=O) groups is 1. The number of anilines is 2. The summed E-state index contributed by atoms with van der Waals surface area (Å²) < 4.78 is 33.9. The zero-order chi connectivity index (χ0) is 23.4. The van der Waals surface area contributed by atoms with Crippen LogP contribution in [-0.4, -0.2) is 57.9 Å². The molecule has 1 fully saturated rings. The Bertz CT molecular complexity index is 1460. The molecule has 0 saturated carbocycles. The average molecular weight is 504 g/mol. The third-order valence-electron chi connectivity index (χ3n) is 5.64. The number of halogens is 3. The van der Waals surface area contributed by atoms with E-state index in [2.05, 4.69) is 30.6 Å². The van der Waals surface area contributed by atoms with Gasteiger partial charge in [-0.25, -0.2) is 13.8 Å². The summed E-state index contributed by atoms with van der Waals surface area (Å²) in [6.45, 7) is 0.789. The van der Waals surface area contributed by atoms with Crippen LogP contribution in [-0.2, 0) is 0 Å². The van der Waals surface area contributed by atoms with E-state index < -0.39 is 12.5 Å². The maximum Gasteiger partial charge on any atom is 0.329 e. The second-order valence-corrected chi connectivity index (χ2v) is 9.35. The number of fused-ring (bicyclic) bond motifs is 5. The van der Waals surface area contributed by atoms with Crippen LogP contribution in [0.1, 0.15) is 16.1 Å². The SMILES string of the molecule is O=C1NCCNc2c1sc1ccc3nc(Oc4nc(Cl)nc(N5CCC(F)(F)C5)n4)ccc3c21. The molecule has 1 amide bonds. The van der Waals surface area contributed by atoms with Crippen LogP contribution >= 0.6 is 22.9 Å². The molecule has 5 heterocycles. The number of nitrogens with zero attached hydrogens (tertiary/aromatic N) is 5. The number of ether oxygens (including phenoxy) is 1. The molecular formula is C21H16ClF2N7O2S. The molecule has 0 spiro atoms. The van der Waals surface area contributed by atoms with Gasteiger partial charge in [0.2, 0.25) is 17.1 Å². The van der Waals surface area contributed by atoms with Crippen LogP contribution in [0, 0.1) is 0 Å². The largest absolute Gasteiger partial charge is 0.405 e. The van der Waals surface area contributed by atoms with Crippen LogP contribution in [0.15, 0.2) is 24.3 Å². The quantitative estimate of drug-likeness (QED) is 0.431. The number of nitrogens with one attached hydrogen (secondary N) is 2. The van der Waals surface area contributed by atoms with Crippen LogP contribution in [0.2, 0.25) is 5.28 Å². The Balaban J connectivity index is 1.35. The van der Waals surface area contributed by atoms with E-state index in [4.69, 9.17) is 16.3 Å². The van der Waals surface area contributed by atoms with E-state index in [0.717, 1.165) is 21.2 Å². The lowest BCUT2D eigenvalue weighted by molar-refractivity contribution is 0.0256. The summed E-state index contributed by atoms with van der Waals surface area (Å²) in [6, 6.07) is 7.12. The summed E-state index contributed by atoms with van der Waals surface area (Å²) in [5.74, 6) is -2.67. The van der Waals surface area contributed by atoms with Crippen LogP contribution in [0.5, 0.6) is 11.9 Å². The van der Waals surface area contributed by atoms with Crippen molar-refractivity contribution in [2.45, 2.75) is 12.3 Å². The maximum atomic E-state index is 13.6. The predicted molar refractivity (Wildman–Crippen MR) is 125 cm³/mol. The van der Waals surface area contributed by atoms with Gasteiger partial charge in [-0.2, -0.15) is 15.0 Å². The molecule has 9 nitrogen and oxygen atoms in total. The fraction of sp³-hybridized carbons (Fsp3) is 0.286. The van der Waals surface area contributed by atoms with Crippen molar-refractivity contribution >= 4 is 61.5 Å². The minimum Gasteiger partial charge on any atom is -0.405 e. The van der Waals surface area contributed by atoms with E-state index in [1.165, 1.54) is 16.2 Å². The van der Waals surface area contributed by atoms with E-state index in [1.807, 2.05) is 18.2 Å². The molecule has 1 saturated heterocycles. The summed E-state index contributed by atoms with van der Waals surface area (Å²) in [5, 5.41) is 7.84. The number of pyridine rings is 1. The molecular weight excluding hydrogens is 488 g/mol. The molecule has 0 unspecified atom stereocenters. The number of amides is 1. The first-order chi connectivity index (χ1) is 16.4. The fourth-order valence-corrected chi connectivity index (χ4v) is 5.38. The smallest absolute Gasteiger partial charge is 0.329 e. The third kappa shape index (κ3) is 3.72.